The third kappa shape index (κ3) is 5.76. The number of allylic oxidation sites excluding steroid dienone is 2. The number of anilines is 1. The lowest BCUT2D eigenvalue weighted by Crippen LogP contribution is -2.08. The zero-order chi connectivity index (χ0) is 26.2. The monoisotopic (exact) mass is 510 g/mol. The van der Waals surface area contributed by atoms with Gasteiger partial charge >= 0.3 is 0 Å². The van der Waals surface area contributed by atoms with Crippen molar-refractivity contribution in [1.82, 2.24) is 20.1 Å². The molecule has 0 radical (unpaired) electrons. The number of halogens is 1. The van der Waals surface area contributed by atoms with E-state index in [1.165, 1.54) is 18.3 Å². The van der Waals surface area contributed by atoms with Crippen LogP contribution in [0.25, 0.3) is 21.8 Å². The first-order valence-corrected chi connectivity index (χ1v) is 12.6. The first kappa shape index (κ1) is 26.9. The van der Waals surface area contributed by atoms with Gasteiger partial charge in [-0.25, -0.2) is 14.1 Å². The highest BCUT2D eigenvalue weighted by molar-refractivity contribution is 7.19. The number of aliphatic imine (C=N–C) groups is 1. The summed E-state index contributed by atoms with van der Waals surface area (Å²) in [6, 6.07) is 5.28. The molecule has 36 heavy (non-hydrogen) atoms. The van der Waals surface area contributed by atoms with Gasteiger partial charge in [-0.05, 0) is 43.4 Å². The molecule has 3 aromatic rings. The number of carbonyl (C=O) groups is 2. The molecule has 2 heterocycles. The highest BCUT2D eigenvalue weighted by Gasteiger charge is 2.30. The number of nitrogens with one attached hydrogen (secondary N) is 2. The second kappa shape index (κ2) is 12.3. The second-order valence-electron chi connectivity index (χ2n) is 8.06. The maximum atomic E-state index is 15.2. The summed E-state index contributed by atoms with van der Waals surface area (Å²) < 4.78 is 16.9. The van der Waals surface area contributed by atoms with Crippen LogP contribution in [-0.2, 0) is 28.9 Å². The van der Waals surface area contributed by atoms with Gasteiger partial charge in [0.15, 0.2) is 5.13 Å². The van der Waals surface area contributed by atoms with E-state index in [9.17, 15) is 4.79 Å². The Balaban J connectivity index is 0.000000840. The van der Waals surface area contributed by atoms with E-state index < -0.39 is 0 Å². The van der Waals surface area contributed by atoms with E-state index in [2.05, 4.69) is 33.6 Å². The topological polar surface area (TPSA) is 101 Å². The molecule has 4 rings (SSSR count). The summed E-state index contributed by atoms with van der Waals surface area (Å²) in [5, 5.41) is 10.5. The molecule has 0 fully saturated rings. The molecule has 2 N–H and O–H groups in total. The molecule has 8 nitrogen and oxygen atoms in total. The van der Waals surface area contributed by atoms with Gasteiger partial charge in [0.2, 0.25) is 12.3 Å². The number of carbonyl (C=O) groups excluding carboxylic acids is 2. The summed E-state index contributed by atoms with van der Waals surface area (Å²) in [6.45, 7) is 5.53. The minimum atomic E-state index is -0.315. The Morgan fingerprint density at radius 2 is 2.06 bits per heavy atom. The number of aromatic nitrogens is 3. The largest absolute Gasteiger partial charge is 0.362 e. The van der Waals surface area contributed by atoms with Gasteiger partial charge in [-0.15, -0.1) is 0 Å². The van der Waals surface area contributed by atoms with Gasteiger partial charge in [-0.3, -0.25) is 14.6 Å². The van der Waals surface area contributed by atoms with Gasteiger partial charge in [0.25, 0.3) is 0 Å². The summed E-state index contributed by atoms with van der Waals surface area (Å²) in [5.74, 6) is -0.482. The second-order valence-corrected chi connectivity index (χ2v) is 9.06. The van der Waals surface area contributed by atoms with Crippen molar-refractivity contribution in [2.75, 3.05) is 19.4 Å². The molecule has 0 unspecified atom stereocenters. The van der Waals surface area contributed by atoms with Crippen molar-refractivity contribution in [3.8, 4) is 16.3 Å². The molecule has 0 bridgehead atoms. The third-order valence-electron chi connectivity index (χ3n) is 5.52. The average molecular weight is 511 g/mol. The van der Waals surface area contributed by atoms with Gasteiger partial charge in [0, 0.05) is 38.4 Å². The van der Waals surface area contributed by atoms with Gasteiger partial charge in [0.05, 0.1) is 22.0 Å². The van der Waals surface area contributed by atoms with Crippen molar-refractivity contribution in [3.05, 3.63) is 52.6 Å². The number of benzene rings is 1. The van der Waals surface area contributed by atoms with Crippen LogP contribution in [0.1, 0.15) is 49.7 Å². The first-order chi connectivity index (χ1) is 17.4. The fourth-order valence-electron chi connectivity index (χ4n) is 3.99. The predicted octanol–water partition coefficient (Wildman–Crippen LogP) is 4.61. The number of nitrogens with zero attached hydrogens (tertiary/aromatic N) is 4. The number of aryl methyl sites for hydroxylation is 2. The van der Waals surface area contributed by atoms with Crippen LogP contribution in [0.15, 0.2) is 29.3 Å². The van der Waals surface area contributed by atoms with Crippen LogP contribution in [0.2, 0.25) is 0 Å². The van der Waals surface area contributed by atoms with Crippen molar-refractivity contribution in [3.63, 3.8) is 0 Å². The minimum Gasteiger partial charge on any atom is -0.362 e. The molecular formula is C26H31FN6O2S. The lowest BCUT2D eigenvalue weighted by molar-refractivity contribution is -0.114. The van der Waals surface area contributed by atoms with E-state index in [-0.39, 0.29) is 11.7 Å². The number of hydrogen-bond donors (Lipinski definition) is 2. The van der Waals surface area contributed by atoms with E-state index in [4.69, 9.17) is 9.89 Å². The molecule has 0 atom stereocenters. The minimum absolute atomic E-state index is 0.168. The molecule has 1 aromatic carbocycles. The zero-order valence-electron chi connectivity index (χ0n) is 21.2. The Morgan fingerprint density at radius 1 is 1.31 bits per heavy atom. The van der Waals surface area contributed by atoms with Crippen molar-refractivity contribution in [2.45, 2.75) is 46.5 Å². The maximum Gasteiger partial charge on any atom is 0.223 e. The van der Waals surface area contributed by atoms with Crippen LogP contribution in [-0.4, -0.2) is 47.4 Å². The van der Waals surface area contributed by atoms with Gasteiger partial charge in [-0.1, -0.05) is 37.3 Å². The van der Waals surface area contributed by atoms with E-state index in [0.717, 1.165) is 64.3 Å². The van der Waals surface area contributed by atoms with E-state index in [0.29, 0.717) is 17.2 Å². The van der Waals surface area contributed by atoms with E-state index in [1.54, 1.807) is 37.1 Å². The Kier molecular flexibility index (Phi) is 9.24. The number of hydrogen-bond acceptors (Lipinski definition) is 6. The molecule has 190 valence electrons. The molecule has 0 spiro atoms. The van der Waals surface area contributed by atoms with Crippen molar-refractivity contribution in [2.24, 2.45) is 4.99 Å². The van der Waals surface area contributed by atoms with Crippen LogP contribution in [0.5, 0.6) is 0 Å². The van der Waals surface area contributed by atoms with E-state index in [1.807, 2.05) is 13.0 Å². The summed E-state index contributed by atoms with van der Waals surface area (Å²) >= 11 is 1.40. The van der Waals surface area contributed by atoms with Crippen LogP contribution >= 0.6 is 11.3 Å². The highest BCUT2D eigenvalue weighted by atomic mass is 32.1. The highest BCUT2D eigenvalue weighted by Crippen LogP contribution is 2.43. The molecule has 1 aliphatic rings. The van der Waals surface area contributed by atoms with Crippen molar-refractivity contribution < 1.29 is 14.0 Å². The Bertz CT molecular complexity index is 1310. The molecule has 1 aliphatic carbocycles. The Morgan fingerprint density at radius 3 is 2.64 bits per heavy atom. The molecule has 2 amide bonds. The summed E-state index contributed by atoms with van der Waals surface area (Å²) in [4.78, 5) is 30.4. The van der Waals surface area contributed by atoms with Crippen LogP contribution in [0.3, 0.4) is 0 Å². The molecule has 0 saturated carbocycles. The van der Waals surface area contributed by atoms with Crippen LogP contribution in [0, 0.1) is 5.82 Å². The summed E-state index contributed by atoms with van der Waals surface area (Å²) in [7, 11) is 3.30. The number of rotatable bonds is 7. The summed E-state index contributed by atoms with van der Waals surface area (Å²) in [5.41, 5.74) is 5.85. The third-order valence-corrected chi connectivity index (χ3v) is 6.54. The SMILES string of the molecule is CC/C=C(\C=NC)c1nn(-c2ccc(CC)cc2F)c2c1CCc1nc(NC(C)=O)sc1-2.CNC=O. The molecular weight excluding hydrogens is 479 g/mol. The fraction of sp³-hybridized carbons (Fsp3) is 0.346. The van der Waals surface area contributed by atoms with Crippen LogP contribution < -0.4 is 10.6 Å². The normalized spacial score (nSPS) is 12.4. The standard InChI is InChI=1S/C24H26FN5OS.C2H5NO/c1-5-7-16(13-26-4)21-17-9-10-19-23(32-24(28-19)27-14(3)31)22(17)30(29-21)20-11-8-15(6-2)12-18(20)25;1-3-2-4/h7-8,11-13H,5-6,9-10H2,1-4H3,(H,27,28,31);2H,1H3,(H,3,4)/b16-7+,26-13?;. The zero-order valence-corrected chi connectivity index (χ0v) is 22.0. The van der Waals surface area contributed by atoms with Crippen LogP contribution in [0.4, 0.5) is 9.52 Å². The average Bonchev–Trinajstić information content (AvgIpc) is 3.44. The molecule has 0 saturated heterocycles. The fourth-order valence-corrected chi connectivity index (χ4v) is 5.11. The van der Waals surface area contributed by atoms with Crippen molar-refractivity contribution >= 4 is 40.6 Å². The van der Waals surface area contributed by atoms with Gasteiger partial charge in [-0.2, -0.15) is 5.10 Å². The Labute approximate surface area is 214 Å². The molecule has 0 aliphatic heterocycles. The van der Waals surface area contributed by atoms with E-state index >= 15 is 4.39 Å². The predicted molar refractivity (Wildman–Crippen MR) is 144 cm³/mol. The number of thiazole rings is 1. The lowest BCUT2D eigenvalue weighted by atomic mass is 9.95. The smallest absolute Gasteiger partial charge is 0.223 e. The molecule has 2 aromatic heterocycles. The Hall–Kier alpha value is -3.66. The molecule has 10 heteroatoms. The first-order valence-electron chi connectivity index (χ1n) is 11.8. The lowest BCUT2D eigenvalue weighted by Gasteiger charge is -2.15. The van der Waals surface area contributed by atoms with Gasteiger partial charge in [0.1, 0.15) is 11.5 Å². The maximum absolute atomic E-state index is 15.2. The van der Waals surface area contributed by atoms with Crippen molar-refractivity contribution in [1.29, 1.82) is 0 Å². The quantitative estimate of drug-likeness (QED) is 0.358. The summed E-state index contributed by atoms with van der Waals surface area (Å²) in [6.07, 6.45) is 7.57. The number of fused-ring (bicyclic) bond motifs is 3. The van der Waals surface area contributed by atoms with Gasteiger partial charge < -0.3 is 10.6 Å². The number of amides is 2.